The first-order valence-corrected chi connectivity index (χ1v) is 9.63. The van der Waals surface area contributed by atoms with E-state index in [1.165, 1.54) is 19.2 Å². The van der Waals surface area contributed by atoms with Crippen LogP contribution >= 0.6 is 11.6 Å². The second kappa shape index (κ2) is 8.23. The van der Waals surface area contributed by atoms with E-state index in [0.717, 1.165) is 11.3 Å². The van der Waals surface area contributed by atoms with E-state index in [9.17, 15) is 9.50 Å². The zero-order valence-corrected chi connectivity index (χ0v) is 16.5. The Bertz CT molecular complexity index is 1050. The molecule has 4 nitrogen and oxygen atoms in total. The highest BCUT2D eigenvalue weighted by Crippen LogP contribution is 2.38. The minimum absolute atomic E-state index is 0.0860. The normalized spacial score (nSPS) is 18.9. The maximum atomic E-state index is 13.8. The van der Waals surface area contributed by atoms with E-state index in [0.29, 0.717) is 28.3 Å². The summed E-state index contributed by atoms with van der Waals surface area (Å²) in [6, 6.07) is 19.0. The highest BCUT2D eigenvalue weighted by Gasteiger charge is 2.28. The molecule has 1 aliphatic heterocycles. The Morgan fingerprint density at radius 2 is 1.86 bits per heavy atom. The van der Waals surface area contributed by atoms with Gasteiger partial charge in [-0.15, -0.1) is 0 Å². The van der Waals surface area contributed by atoms with Gasteiger partial charge in [0.1, 0.15) is 12.0 Å². The van der Waals surface area contributed by atoms with Gasteiger partial charge in [-0.25, -0.2) is 4.39 Å². The Morgan fingerprint density at radius 1 is 1.10 bits per heavy atom. The summed E-state index contributed by atoms with van der Waals surface area (Å²) in [6.45, 7) is 0. The molecule has 1 heterocycles. The molecule has 0 spiro atoms. The third-order valence-electron chi connectivity index (χ3n) is 5.01. The smallest absolute Gasteiger partial charge is 0.162 e. The van der Waals surface area contributed by atoms with Crippen LogP contribution in [0.25, 0.3) is 0 Å². The quantitative estimate of drug-likeness (QED) is 0.604. The monoisotopic (exact) mass is 410 g/mol. The van der Waals surface area contributed by atoms with Crippen LogP contribution in [-0.2, 0) is 0 Å². The van der Waals surface area contributed by atoms with Crippen molar-refractivity contribution >= 4 is 17.3 Å². The average Bonchev–Trinajstić information content (AvgIpc) is 2.74. The van der Waals surface area contributed by atoms with Crippen molar-refractivity contribution in [2.45, 2.75) is 18.6 Å². The largest absolute Gasteiger partial charge is 0.504 e. The Kier molecular flexibility index (Phi) is 5.51. The lowest BCUT2D eigenvalue weighted by atomic mass is 9.93. The fourth-order valence-corrected chi connectivity index (χ4v) is 3.68. The average molecular weight is 411 g/mol. The Balaban J connectivity index is 1.77. The number of nitrogens with zero attached hydrogens (tertiary/aromatic N) is 1. The van der Waals surface area contributed by atoms with Gasteiger partial charge in [-0.3, -0.25) is 10.3 Å². The van der Waals surface area contributed by atoms with Crippen molar-refractivity contribution in [1.29, 1.82) is 0 Å². The van der Waals surface area contributed by atoms with E-state index in [-0.39, 0.29) is 17.6 Å². The highest BCUT2D eigenvalue weighted by molar-refractivity contribution is 6.30. The number of hydrogen-bond acceptors (Lipinski definition) is 4. The molecule has 0 aliphatic carbocycles. The van der Waals surface area contributed by atoms with Crippen molar-refractivity contribution in [2.24, 2.45) is 4.99 Å². The number of phenols is 1. The molecular weight excluding hydrogens is 391 g/mol. The molecule has 29 heavy (non-hydrogen) atoms. The van der Waals surface area contributed by atoms with Crippen LogP contribution < -0.4 is 10.1 Å². The second-order valence-electron chi connectivity index (χ2n) is 6.86. The van der Waals surface area contributed by atoms with Gasteiger partial charge in [0.25, 0.3) is 0 Å². The molecule has 2 N–H and O–H groups in total. The van der Waals surface area contributed by atoms with E-state index in [1.807, 2.05) is 42.5 Å². The molecule has 3 aromatic rings. The molecule has 148 valence electrons. The van der Waals surface area contributed by atoms with Gasteiger partial charge >= 0.3 is 0 Å². The van der Waals surface area contributed by atoms with E-state index < -0.39 is 6.17 Å². The molecule has 0 radical (unpaired) electrons. The SMILES string of the molecule is COc1cccc(C2CC(c3ccc(Cl)cc3)=NC(c3cccc(F)c3)N2)c1O. The third-order valence-corrected chi connectivity index (χ3v) is 5.26. The number of methoxy groups -OCH3 is 1. The lowest BCUT2D eigenvalue weighted by Crippen LogP contribution is -2.33. The van der Waals surface area contributed by atoms with Crippen LogP contribution in [0.2, 0.25) is 5.02 Å². The fraction of sp³-hybridized carbons (Fsp3) is 0.174. The summed E-state index contributed by atoms with van der Waals surface area (Å²) in [5.41, 5.74) is 3.20. The fourth-order valence-electron chi connectivity index (χ4n) is 3.56. The number of halogens is 2. The maximum Gasteiger partial charge on any atom is 0.162 e. The number of hydrogen-bond donors (Lipinski definition) is 2. The number of benzene rings is 3. The van der Waals surface area contributed by atoms with Crippen molar-refractivity contribution in [2.75, 3.05) is 7.11 Å². The minimum Gasteiger partial charge on any atom is -0.504 e. The molecule has 2 atom stereocenters. The van der Waals surface area contributed by atoms with Gasteiger partial charge in [0.05, 0.1) is 7.11 Å². The van der Waals surface area contributed by atoms with Gasteiger partial charge in [0.2, 0.25) is 0 Å². The first kappa shape index (κ1) is 19.4. The van der Waals surface area contributed by atoms with E-state index in [2.05, 4.69) is 5.32 Å². The molecule has 2 unspecified atom stereocenters. The summed E-state index contributed by atoms with van der Waals surface area (Å²) in [5, 5.41) is 14.7. The Labute approximate surface area is 173 Å². The van der Waals surface area contributed by atoms with Gasteiger partial charge in [0.15, 0.2) is 11.5 Å². The third kappa shape index (κ3) is 4.11. The van der Waals surface area contributed by atoms with Crippen LogP contribution in [-0.4, -0.2) is 17.9 Å². The number of phenolic OH excluding ortho intramolecular Hbond substituents is 1. The molecule has 0 saturated heterocycles. The first-order chi connectivity index (χ1) is 14.0. The van der Waals surface area contributed by atoms with Crippen LogP contribution in [0, 0.1) is 5.82 Å². The molecule has 1 aliphatic rings. The number of aromatic hydroxyl groups is 1. The Morgan fingerprint density at radius 3 is 2.59 bits per heavy atom. The highest BCUT2D eigenvalue weighted by atomic mass is 35.5. The number of ether oxygens (including phenoxy) is 1. The summed E-state index contributed by atoms with van der Waals surface area (Å²) >= 11 is 6.03. The minimum atomic E-state index is -0.458. The second-order valence-corrected chi connectivity index (χ2v) is 7.30. The van der Waals surface area contributed by atoms with E-state index >= 15 is 0 Å². The number of rotatable bonds is 4. The van der Waals surface area contributed by atoms with Crippen molar-refractivity contribution in [3.8, 4) is 11.5 Å². The molecule has 3 aromatic carbocycles. The maximum absolute atomic E-state index is 13.8. The van der Waals surface area contributed by atoms with Gasteiger partial charge in [-0.05, 0) is 41.5 Å². The van der Waals surface area contributed by atoms with E-state index in [4.69, 9.17) is 21.3 Å². The summed E-state index contributed by atoms with van der Waals surface area (Å²) in [4.78, 5) is 4.82. The van der Waals surface area contributed by atoms with Gasteiger partial charge < -0.3 is 9.84 Å². The molecule has 0 bridgehead atoms. The molecule has 0 aromatic heterocycles. The summed E-state index contributed by atoms with van der Waals surface area (Å²) < 4.78 is 19.1. The Hall–Kier alpha value is -2.89. The van der Waals surface area contributed by atoms with Crippen LogP contribution in [0.15, 0.2) is 71.7 Å². The molecule has 0 saturated carbocycles. The molecule has 0 fully saturated rings. The number of nitrogens with one attached hydrogen (secondary N) is 1. The number of para-hydroxylation sites is 1. The summed E-state index contributed by atoms with van der Waals surface area (Å²) in [7, 11) is 1.52. The molecule has 0 amide bonds. The molecule has 6 heteroatoms. The summed E-state index contributed by atoms with van der Waals surface area (Å²) in [5.74, 6) is 0.170. The zero-order chi connectivity index (χ0) is 20.4. The molecule has 4 rings (SSSR count). The zero-order valence-electron chi connectivity index (χ0n) is 15.8. The van der Waals surface area contributed by atoms with E-state index in [1.54, 1.807) is 12.1 Å². The van der Waals surface area contributed by atoms with Gasteiger partial charge in [0, 0.05) is 28.8 Å². The standard InChI is InChI=1S/C23H20ClFN2O2/c1-29-21-7-3-6-18(22(21)28)20-13-19(14-8-10-16(24)11-9-14)26-23(27-20)15-4-2-5-17(25)12-15/h2-12,20,23,27-28H,13H2,1H3. The van der Waals surface area contributed by atoms with Crippen LogP contribution in [0.5, 0.6) is 11.5 Å². The molecular formula is C23H20ClFN2O2. The van der Waals surface area contributed by atoms with Crippen LogP contribution in [0.1, 0.15) is 35.3 Å². The van der Waals surface area contributed by atoms with Crippen molar-refractivity contribution in [3.63, 3.8) is 0 Å². The van der Waals surface area contributed by atoms with Gasteiger partial charge in [-0.1, -0.05) is 48.0 Å². The number of aliphatic imine (C=N–C) groups is 1. The topological polar surface area (TPSA) is 53.8 Å². The summed E-state index contributed by atoms with van der Waals surface area (Å²) in [6.07, 6.45) is 0.0921. The van der Waals surface area contributed by atoms with Crippen molar-refractivity contribution in [1.82, 2.24) is 5.32 Å². The van der Waals surface area contributed by atoms with Crippen molar-refractivity contribution in [3.05, 3.63) is 94.3 Å². The first-order valence-electron chi connectivity index (χ1n) is 9.25. The predicted molar refractivity (Wildman–Crippen MR) is 112 cm³/mol. The lowest BCUT2D eigenvalue weighted by molar-refractivity contribution is 0.360. The predicted octanol–water partition coefficient (Wildman–Crippen LogP) is 5.42. The van der Waals surface area contributed by atoms with Crippen molar-refractivity contribution < 1.29 is 14.2 Å². The van der Waals surface area contributed by atoms with Gasteiger partial charge in [-0.2, -0.15) is 0 Å². The van der Waals surface area contributed by atoms with Crippen LogP contribution in [0.3, 0.4) is 0 Å². The van der Waals surface area contributed by atoms with Crippen LogP contribution in [0.4, 0.5) is 4.39 Å². The lowest BCUT2D eigenvalue weighted by Gasteiger charge is -2.31.